The number of β-lactam (4-membered cyclic amide) rings is 2. The molecule has 9 atom stereocenters. The van der Waals surface area contributed by atoms with Crippen LogP contribution >= 0.6 is 55.4 Å². The van der Waals surface area contributed by atoms with Crippen LogP contribution in [0.4, 0.5) is 11.4 Å². The molecular weight excluding hydrogens is 1230 g/mol. The van der Waals surface area contributed by atoms with Gasteiger partial charge in [-0.1, -0.05) is 31.9 Å². The summed E-state index contributed by atoms with van der Waals surface area (Å²) in [5.41, 5.74) is 6.78. The van der Waals surface area contributed by atoms with E-state index in [-0.39, 0.29) is 83.0 Å². The van der Waals surface area contributed by atoms with Crippen molar-refractivity contribution >= 4 is 115 Å². The van der Waals surface area contributed by atoms with Crippen LogP contribution in [0.2, 0.25) is 0 Å². The largest absolute Gasteiger partial charge is 0.468 e. The van der Waals surface area contributed by atoms with Gasteiger partial charge in [0.05, 0.1) is 24.1 Å². The van der Waals surface area contributed by atoms with Gasteiger partial charge in [0.25, 0.3) is 17.3 Å². The first kappa shape index (κ1) is 57.1. The molecule has 4 aliphatic heterocycles. The highest BCUT2D eigenvalue weighted by Gasteiger charge is 2.69. The summed E-state index contributed by atoms with van der Waals surface area (Å²) in [6.07, 6.45) is 7.89. The number of fused-ring (bicyclic) bond motifs is 12. The molecule has 2 aromatic heterocycles. The molecule has 4 fully saturated rings. The van der Waals surface area contributed by atoms with E-state index >= 15 is 0 Å². The van der Waals surface area contributed by atoms with E-state index in [0.717, 1.165) is 67.3 Å². The molecule has 6 heterocycles. The van der Waals surface area contributed by atoms with Crippen molar-refractivity contribution in [2.45, 2.75) is 121 Å². The lowest BCUT2D eigenvalue weighted by Gasteiger charge is -2.51. The average Bonchev–Trinajstić information content (AvgIpc) is 4.54. The zero-order valence-corrected chi connectivity index (χ0v) is 48.1. The van der Waals surface area contributed by atoms with Crippen molar-refractivity contribution in [3.05, 3.63) is 142 Å². The molecule has 12 rings (SSSR count). The number of hydrogen-bond donors (Lipinski definition) is 0. The number of benzene rings is 2. The van der Waals surface area contributed by atoms with Gasteiger partial charge in [-0.25, -0.2) is 9.59 Å². The molecular formula is C53H49Br2N7O17S2. The lowest BCUT2D eigenvalue weighted by atomic mass is 9.83. The van der Waals surface area contributed by atoms with E-state index in [1.54, 1.807) is 21.7 Å². The molecule has 24 nitrogen and oxygen atoms in total. The smallest absolute Gasteiger partial charge is 0.355 e. The van der Waals surface area contributed by atoms with E-state index in [2.05, 4.69) is 41.7 Å². The van der Waals surface area contributed by atoms with Crippen LogP contribution in [-0.4, -0.2) is 116 Å². The summed E-state index contributed by atoms with van der Waals surface area (Å²) in [5, 5.41) is 28.1. The normalized spacial score (nSPS) is 24.7. The van der Waals surface area contributed by atoms with Crippen molar-refractivity contribution in [1.29, 1.82) is 0 Å². The summed E-state index contributed by atoms with van der Waals surface area (Å²) in [5.74, 6) is -1.76. The van der Waals surface area contributed by atoms with Crippen molar-refractivity contribution in [2.75, 3.05) is 14.2 Å². The van der Waals surface area contributed by atoms with Crippen LogP contribution in [0.25, 0.3) is 0 Å². The summed E-state index contributed by atoms with van der Waals surface area (Å²) in [4.78, 5) is 120. The first-order valence-corrected chi connectivity index (χ1v) is 29.0. The third-order valence-corrected chi connectivity index (χ3v) is 20.6. The van der Waals surface area contributed by atoms with E-state index in [4.69, 9.17) is 18.9 Å². The van der Waals surface area contributed by atoms with Gasteiger partial charge < -0.3 is 28.3 Å². The maximum Gasteiger partial charge on any atom is 0.355 e. The van der Waals surface area contributed by atoms with E-state index in [1.165, 1.54) is 103 Å². The number of rotatable bonds is 16. The Balaban J connectivity index is 0.000000156. The number of amides is 2. The van der Waals surface area contributed by atoms with Crippen LogP contribution in [-0.2, 0) is 83.5 Å². The fraction of sp³-hybridized carbons (Fsp3) is 0.415. The number of aromatic nitrogens is 3. The highest BCUT2D eigenvalue weighted by molar-refractivity contribution is 9.10. The fourth-order valence-corrected chi connectivity index (χ4v) is 16.0. The number of nitro benzene ring substituents is 2. The van der Waals surface area contributed by atoms with Gasteiger partial charge in [0.2, 0.25) is 5.91 Å². The van der Waals surface area contributed by atoms with Crippen LogP contribution in [0.3, 0.4) is 0 Å². The minimum absolute atomic E-state index is 0.00862. The molecule has 6 unspecified atom stereocenters. The van der Waals surface area contributed by atoms with Crippen molar-refractivity contribution in [3.8, 4) is 0 Å². The summed E-state index contributed by atoms with van der Waals surface area (Å²) in [6.45, 7) is 1.25. The summed E-state index contributed by atoms with van der Waals surface area (Å²) in [6, 6.07) is 11.4. The first-order chi connectivity index (χ1) is 38.8. The number of carbonyl (C=O) groups excluding carboxylic acids is 8. The highest BCUT2D eigenvalue weighted by Crippen LogP contribution is 2.62. The second kappa shape index (κ2) is 23.0. The number of carbonyl (C=O) groups is 8. The molecule has 424 valence electrons. The molecule has 2 saturated carbocycles. The molecule has 81 heavy (non-hydrogen) atoms. The molecule has 4 aromatic rings. The third kappa shape index (κ3) is 10.5. The third-order valence-electron chi connectivity index (χ3n) is 15.5. The number of halogens is 2. The van der Waals surface area contributed by atoms with Gasteiger partial charge in [0.15, 0.2) is 16.7 Å². The Morgan fingerprint density at radius 2 is 1.28 bits per heavy atom. The molecule has 28 heteroatoms. The van der Waals surface area contributed by atoms with E-state index in [9.17, 15) is 58.6 Å². The first-order valence-electron chi connectivity index (χ1n) is 25.4. The zero-order valence-electron chi connectivity index (χ0n) is 43.3. The summed E-state index contributed by atoms with van der Waals surface area (Å²) in [7, 11) is 2.69. The maximum atomic E-state index is 13.8. The lowest BCUT2D eigenvalue weighted by molar-refractivity contribution is -0.385. The summed E-state index contributed by atoms with van der Waals surface area (Å²) < 4.78 is 28.1. The zero-order chi connectivity index (χ0) is 57.8. The van der Waals surface area contributed by atoms with Gasteiger partial charge in [-0.2, -0.15) is 5.10 Å². The predicted octanol–water partition coefficient (Wildman–Crippen LogP) is 7.56. The number of hydrogen-bond acceptors (Lipinski definition) is 20. The lowest BCUT2D eigenvalue weighted by Crippen LogP contribution is -2.70. The minimum Gasteiger partial charge on any atom is -0.468 e. The van der Waals surface area contributed by atoms with Crippen LogP contribution in [0.5, 0.6) is 0 Å². The Hall–Kier alpha value is -7.17. The number of aldehydes is 1. The van der Waals surface area contributed by atoms with Crippen LogP contribution < -0.4 is 0 Å². The predicted molar refractivity (Wildman–Crippen MR) is 292 cm³/mol. The van der Waals surface area contributed by atoms with Gasteiger partial charge in [-0.05, 0) is 91.3 Å². The molecule has 2 aromatic carbocycles. The SMILES string of the molecule is COC(=O)Cn1cc(C(OC(C)=O)C2(Br)C(=O)N3C(C(=O)OCc4ccc([N+](=O)[O-])cc4)=CS[C@@H]32)c2c1C1CCC2C1.COC(=O)Cn1nc(C=O)c2c1C1CCC2C1.O=C(OCc1ccc([N+](=O)[O-])cc1)C1=CS[C@@H]2[C@@H](Br)C(=O)N12. The molecule has 4 bridgehead atoms. The topological polar surface area (TPSA) is 298 Å². The standard InChI is InChI=1S/C28H26BrN3O9S.C13H9BrN2O5S.C12H14N2O3/c1-14(33)41-24(19-10-30(11-21(34)39-2)23-17-6-5-16(9-17)22(19)23)28(29)26(36)31-20(13-42-27(28)31)25(35)40-12-15-3-7-18(8-4-15)32(37)38;14-10-11(17)15-9(6-22-12(10)15)13(18)21-5-7-1-3-8(4-2-7)16(19)20;1-17-10(16)5-14-12-8-3-2-7(4-8)11(12)9(6-15)13-14/h3-4,7-8,10,13,16-17,24,27H,5-6,9,11-12H2,1-2H3;1-4,6,10,12H,5H2;6-8H,2-5H2,1H3/t16?,17?,24?,27-,28?;10-,12+;/m10./s1. The Morgan fingerprint density at radius 3 is 1.83 bits per heavy atom. The molecule has 4 aliphatic carbocycles. The number of non-ortho nitro benzene ring substituents is 2. The Labute approximate surface area is 485 Å². The number of thioether (sulfide) groups is 2. The number of nitrogens with zero attached hydrogens (tertiary/aromatic N) is 7. The van der Waals surface area contributed by atoms with Crippen LogP contribution in [0.1, 0.15) is 125 Å². The van der Waals surface area contributed by atoms with Crippen molar-refractivity contribution < 1.29 is 71.9 Å². The van der Waals surface area contributed by atoms with Crippen molar-refractivity contribution in [2.24, 2.45) is 0 Å². The number of methoxy groups -OCH3 is 2. The van der Waals surface area contributed by atoms with Crippen molar-refractivity contribution in [1.82, 2.24) is 24.1 Å². The van der Waals surface area contributed by atoms with Gasteiger partial charge in [-0.3, -0.25) is 63.5 Å². The molecule has 8 aliphatic rings. The second-order valence-electron chi connectivity index (χ2n) is 20.1. The Morgan fingerprint density at radius 1 is 0.765 bits per heavy atom. The fourth-order valence-electron chi connectivity index (χ4n) is 11.8. The molecule has 0 N–H and O–H groups in total. The van der Waals surface area contributed by atoms with E-state index in [0.29, 0.717) is 34.2 Å². The molecule has 0 spiro atoms. The van der Waals surface area contributed by atoms with Gasteiger partial charge in [-0.15, -0.1) is 23.5 Å². The Kier molecular flexibility index (Phi) is 16.2. The molecule has 2 amide bonds. The monoisotopic (exact) mass is 1280 g/mol. The number of nitro groups is 2. The van der Waals surface area contributed by atoms with Crippen LogP contribution in [0, 0.1) is 20.2 Å². The highest BCUT2D eigenvalue weighted by atomic mass is 79.9. The Bertz CT molecular complexity index is 3380. The van der Waals surface area contributed by atoms with Gasteiger partial charge in [0.1, 0.15) is 59.0 Å². The van der Waals surface area contributed by atoms with E-state index < -0.39 is 55.4 Å². The van der Waals surface area contributed by atoms with E-state index in [1.807, 2.05) is 4.57 Å². The number of ether oxygens (including phenoxy) is 5. The van der Waals surface area contributed by atoms with Crippen LogP contribution in [0.15, 0.2) is 76.9 Å². The summed E-state index contributed by atoms with van der Waals surface area (Å²) >= 11 is 9.52. The van der Waals surface area contributed by atoms with Crippen molar-refractivity contribution in [3.63, 3.8) is 0 Å². The second-order valence-corrected chi connectivity index (χ2v) is 24.3. The quantitative estimate of drug-likeness (QED) is 0.0199. The van der Waals surface area contributed by atoms with Gasteiger partial charge >= 0.3 is 29.8 Å². The molecule has 2 saturated heterocycles. The van der Waals surface area contributed by atoms with Gasteiger partial charge in [0, 0.05) is 82.6 Å². The molecule has 0 radical (unpaired) electrons. The number of esters is 5. The minimum atomic E-state index is -1.37. The number of alkyl halides is 2. The average molecular weight is 1280 g/mol. The maximum absolute atomic E-state index is 13.8.